The van der Waals surface area contributed by atoms with Crippen molar-refractivity contribution >= 4 is 0 Å². The Hall–Kier alpha value is -2.50. The van der Waals surface area contributed by atoms with E-state index >= 15 is 0 Å². The largest absolute Gasteiger partial charge is 0.494 e. The zero-order valence-electron chi connectivity index (χ0n) is 9.87. The van der Waals surface area contributed by atoms with Crippen LogP contribution < -0.4 is 11.1 Å². The quantitative estimate of drug-likeness (QED) is 0.597. The van der Waals surface area contributed by atoms with Gasteiger partial charge in [-0.3, -0.25) is 19.6 Å². The van der Waals surface area contributed by atoms with E-state index in [0.717, 1.165) is 0 Å². The van der Waals surface area contributed by atoms with Crippen LogP contribution >= 0.6 is 0 Å². The molecular weight excluding hydrogens is 236 g/mol. The van der Waals surface area contributed by atoms with Crippen molar-refractivity contribution < 1.29 is 10.2 Å². The second-order valence-corrected chi connectivity index (χ2v) is 4.08. The lowest BCUT2D eigenvalue weighted by atomic mass is 9.99. The van der Waals surface area contributed by atoms with E-state index in [1.165, 1.54) is 12.1 Å². The van der Waals surface area contributed by atoms with Crippen LogP contribution in [-0.4, -0.2) is 20.2 Å². The zero-order valence-corrected chi connectivity index (χ0v) is 9.87. The summed E-state index contributed by atoms with van der Waals surface area (Å²) in [6, 6.07) is 2.61. The van der Waals surface area contributed by atoms with Crippen LogP contribution in [-0.2, 0) is 0 Å². The Labute approximate surface area is 102 Å². The molecule has 2 aromatic heterocycles. The maximum absolute atomic E-state index is 11.2. The van der Waals surface area contributed by atoms with Crippen molar-refractivity contribution in [3.05, 3.63) is 44.0 Å². The van der Waals surface area contributed by atoms with Gasteiger partial charge in [-0.15, -0.1) is 0 Å². The molecule has 2 aromatic rings. The van der Waals surface area contributed by atoms with Gasteiger partial charge in [0.25, 0.3) is 11.1 Å². The highest BCUT2D eigenvalue weighted by Gasteiger charge is 2.16. The molecule has 0 amide bonds. The lowest BCUT2D eigenvalue weighted by Crippen LogP contribution is -2.09. The van der Waals surface area contributed by atoms with E-state index in [0.29, 0.717) is 22.3 Å². The summed E-state index contributed by atoms with van der Waals surface area (Å²) in [7, 11) is 0. The third kappa shape index (κ3) is 1.88. The van der Waals surface area contributed by atoms with Crippen LogP contribution in [0.25, 0.3) is 11.1 Å². The third-order valence-electron chi connectivity index (χ3n) is 2.69. The maximum atomic E-state index is 11.2. The maximum Gasteiger partial charge on any atom is 0.250 e. The van der Waals surface area contributed by atoms with Gasteiger partial charge in [0.05, 0.1) is 11.1 Å². The van der Waals surface area contributed by atoms with Gasteiger partial charge in [0.15, 0.2) is 11.8 Å². The predicted octanol–water partition coefficient (Wildman–Crippen LogP) is 0.758. The van der Waals surface area contributed by atoms with Gasteiger partial charge in [-0.2, -0.15) is 0 Å². The zero-order chi connectivity index (χ0) is 13.4. The number of pyridine rings is 2. The van der Waals surface area contributed by atoms with Crippen molar-refractivity contribution in [1.29, 1.82) is 0 Å². The first-order valence-corrected chi connectivity index (χ1v) is 5.26. The van der Waals surface area contributed by atoms with E-state index in [-0.39, 0.29) is 11.8 Å². The van der Waals surface area contributed by atoms with E-state index < -0.39 is 11.1 Å². The number of hydrogen-bond acceptors (Lipinski definition) is 4. The molecule has 18 heavy (non-hydrogen) atoms. The normalized spacial score (nSPS) is 10.6. The van der Waals surface area contributed by atoms with Crippen molar-refractivity contribution in [3.8, 4) is 22.9 Å². The Balaban J connectivity index is 2.86. The molecule has 0 spiro atoms. The minimum absolute atomic E-state index is 0.292. The fraction of sp³-hybridized carbons (Fsp3) is 0.167. The number of nitrogens with one attached hydrogen (secondary N) is 2. The first kappa shape index (κ1) is 12.0. The molecule has 0 saturated carbocycles. The molecule has 2 heterocycles. The van der Waals surface area contributed by atoms with Gasteiger partial charge in [-0.1, -0.05) is 0 Å². The molecule has 0 bridgehead atoms. The van der Waals surface area contributed by atoms with Crippen LogP contribution in [0.15, 0.2) is 21.7 Å². The summed E-state index contributed by atoms with van der Waals surface area (Å²) in [6.45, 7) is 3.27. The molecule has 0 aliphatic heterocycles. The SMILES string of the molecule is Cc1cc(=O)[nH]c(O)c1-c1c(C)cc(=O)[nH]c1O. The van der Waals surface area contributed by atoms with Gasteiger partial charge in [-0.25, -0.2) is 0 Å². The number of aromatic nitrogens is 2. The minimum atomic E-state index is -0.435. The molecule has 0 aliphatic carbocycles. The van der Waals surface area contributed by atoms with E-state index in [1.54, 1.807) is 13.8 Å². The smallest absolute Gasteiger partial charge is 0.250 e. The highest BCUT2D eigenvalue weighted by molar-refractivity contribution is 5.77. The molecule has 94 valence electrons. The van der Waals surface area contributed by atoms with Crippen LogP contribution in [0, 0.1) is 13.8 Å². The lowest BCUT2D eigenvalue weighted by molar-refractivity contribution is 0.444. The highest BCUT2D eigenvalue weighted by atomic mass is 16.3. The molecule has 4 N–H and O–H groups in total. The van der Waals surface area contributed by atoms with Crippen LogP contribution in [0.2, 0.25) is 0 Å². The Kier molecular flexibility index (Phi) is 2.70. The monoisotopic (exact) mass is 248 g/mol. The number of aryl methyl sites for hydroxylation is 2. The summed E-state index contributed by atoms with van der Waals surface area (Å²) in [6.07, 6.45) is 0. The van der Waals surface area contributed by atoms with Gasteiger partial charge >= 0.3 is 0 Å². The van der Waals surface area contributed by atoms with Gasteiger partial charge in [0.1, 0.15) is 0 Å². The number of rotatable bonds is 1. The summed E-state index contributed by atoms with van der Waals surface area (Å²) in [4.78, 5) is 26.9. The second-order valence-electron chi connectivity index (χ2n) is 4.08. The fourth-order valence-corrected chi connectivity index (χ4v) is 1.97. The molecule has 0 unspecified atom stereocenters. The Morgan fingerprint density at radius 3 is 1.44 bits per heavy atom. The Morgan fingerprint density at radius 1 is 0.833 bits per heavy atom. The first-order chi connectivity index (χ1) is 8.40. The molecule has 0 atom stereocenters. The summed E-state index contributed by atoms with van der Waals surface area (Å²) < 4.78 is 0. The van der Waals surface area contributed by atoms with E-state index in [9.17, 15) is 19.8 Å². The molecule has 6 heteroatoms. The lowest BCUT2D eigenvalue weighted by Gasteiger charge is -2.11. The van der Waals surface area contributed by atoms with Crippen molar-refractivity contribution in [2.24, 2.45) is 0 Å². The van der Waals surface area contributed by atoms with Gasteiger partial charge < -0.3 is 10.2 Å². The van der Waals surface area contributed by atoms with E-state index in [4.69, 9.17) is 0 Å². The number of H-pyrrole nitrogens is 2. The highest BCUT2D eigenvalue weighted by Crippen LogP contribution is 2.36. The summed E-state index contributed by atoms with van der Waals surface area (Å²) in [5.41, 5.74) is 0.718. The summed E-state index contributed by atoms with van der Waals surface area (Å²) in [5, 5.41) is 19.6. The minimum Gasteiger partial charge on any atom is -0.494 e. The van der Waals surface area contributed by atoms with Crippen LogP contribution in [0.3, 0.4) is 0 Å². The number of aromatic hydroxyl groups is 2. The third-order valence-corrected chi connectivity index (χ3v) is 2.69. The predicted molar refractivity (Wildman–Crippen MR) is 65.9 cm³/mol. The average molecular weight is 248 g/mol. The van der Waals surface area contributed by atoms with Gasteiger partial charge in [0, 0.05) is 12.1 Å². The molecule has 0 aliphatic rings. The molecule has 0 saturated heterocycles. The molecule has 6 nitrogen and oxygen atoms in total. The van der Waals surface area contributed by atoms with Crippen molar-refractivity contribution in [3.63, 3.8) is 0 Å². The standard InChI is InChI=1S/C12H12N2O4/c1-5-3-7(15)13-11(17)9(5)10-6(2)4-8(16)14-12(10)18/h3-4H,1-2H3,(H2,13,15,17)(H2,14,16,18). The molecule has 0 fully saturated rings. The van der Waals surface area contributed by atoms with Gasteiger partial charge in [-0.05, 0) is 25.0 Å². The Morgan fingerprint density at radius 2 is 1.17 bits per heavy atom. The summed E-state index contributed by atoms with van der Waals surface area (Å²) in [5.74, 6) is -0.684. The first-order valence-electron chi connectivity index (χ1n) is 5.26. The Bertz CT molecular complexity index is 612. The summed E-state index contributed by atoms with van der Waals surface area (Å²) >= 11 is 0. The van der Waals surface area contributed by atoms with E-state index in [2.05, 4.69) is 9.97 Å². The van der Waals surface area contributed by atoms with Crippen molar-refractivity contribution in [1.82, 2.24) is 9.97 Å². The number of hydrogen-bond donors (Lipinski definition) is 4. The van der Waals surface area contributed by atoms with Crippen LogP contribution in [0.1, 0.15) is 11.1 Å². The molecule has 0 radical (unpaired) electrons. The van der Waals surface area contributed by atoms with Gasteiger partial charge in [0.2, 0.25) is 0 Å². The topological polar surface area (TPSA) is 106 Å². The second kappa shape index (κ2) is 4.06. The van der Waals surface area contributed by atoms with Crippen LogP contribution in [0.4, 0.5) is 0 Å². The molecular formula is C12H12N2O4. The van der Waals surface area contributed by atoms with E-state index in [1.807, 2.05) is 0 Å². The number of aromatic amines is 2. The van der Waals surface area contributed by atoms with Crippen molar-refractivity contribution in [2.75, 3.05) is 0 Å². The van der Waals surface area contributed by atoms with Crippen molar-refractivity contribution in [2.45, 2.75) is 13.8 Å². The fourth-order valence-electron chi connectivity index (χ4n) is 1.97. The van der Waals surface area contributed by atoms with Crippen LogP contribution in [0.5, 0.6) is 11.8 Å². The average Bonchev–Trinajstić information content (AvgIpc) is 2.20. The molecule has 0 aromatic carbocycles. The molecule has 2 rings (SSSR count).